The molecule has 15 heavy (non-hydrogen) atoms. The predicted octanol–water partition coefficient (Wildman–Crippen LogP) is 3.25. The minimum atomic E-state index is -0.0263. The fourth-order valence-electron chi connectivity index (χ4n) is 1.46. The van der Waals surface area contributed by atoms with Crippen LogP contribution in [0.5, 0.6) is 0 Å². The molecule has 1 N–H and O–H groups in total. The molecule has 1 amide bonds. The maximum absolute atomic E-state index is 10.9. The molecule has 0 fully saturated rings. The number of anilines is 1. The van der Waals surface area contributed by atoms with Crippen LogP contribution in [0.1, 0.15) is 38.8 Å². The van der Waals surface area contributed by atoms with Gasteiger partial charge in [0.2, 0.25) is 5.91 Å². The summed E-state index contributed by atoms with van der Waals surface area (Å²) in [6, 6.07) is 6.17. The minimum Gasteiger partial charge on any atom is -0.326 e. The molecule has 1 aromatic carbocycles. The highest BCUT2D eigenvalue weighted by molar-refractivity contribution is 5.89. The Morgan fingerprint density at radius 3 is 2.27 bits per heavy atom. The minimum absolute atomic E-state index is 0.0263. The van der Waals surface area contributed by atoms with Gasteiger partial charge in [-0.15, -0.1) is 0 Å². The second kappa shape index (κ2) is 4.05. The van der Waals surface area contributed by atoms with Crippen LogP contribution in [0.3, 0.4) is 0 Å². The Morgan fingerprint density at radius 2 is 1.87 bits per heavy atom. The molecule has 0 saturated heterocycles. The van der Waals surface area contributed by atoms with Crippen LogP contribution in [0, 0.1) is 6.92 Å². The fraction of sp³-hybridized carbons (Fsp3) is 0.462. The lowest BCUT2D eigenvalue weighted by Crippen LogP contribution is -2.12. The van der Waals surface area contributed by atoms with Crippen LogP contribution >= 0.6 is 0 Å². The number of hydrogen-bond acceptors (Lipinski definition) is 1. The molecule has 0 atom stereocenters. The molecule has 0 aliphatic rings. The van der Waals surface area contributed by atoms with Crippen molar-refractivity contribution in [2.45, 2.75) is 40.0 Å². The summed E-state index contributed by atoms with van der Waals surface area (Å²) in [5.74, 6) is -0.0263. The maximum Gasteiger partial charge on any atom is 0.221 e. The molecular formula is C13H19NO. The molecule has 0 unspecified atom stereocenters. The van der Waals surface area contributed by atoms with E-state index in [2.05, 4.69) is 38.2 Å². The van der Waals surface area contributed by atoms with Crippen LogP contribution in [-0.4, -0.2) is 5.91 Å². The average Bonchev–Trinajstić information content (AvgIpc) is 2.05. The molecule has 82 valence electrons. The van der Waals surface area contributed by atoms with Gasteiger partial charge in [-0.3, -0.25) is 4.79 Å². The number of carbonyl (C=O) groups is 1. The van der Waals surface area contributed by atoms with Crippen molar-refractivity contribution in [1.29, 1.82) is 0 Å². The van der Waals surface area contributed by atoms with Gasteiger partial charge in [0.1, 0.15) is 0 Å². The summed E-state index contributed by atoms with van der Waals surface area (Å²) in [5, 5.41) is 2.81. The van der Waals surface area contributed by atoms with E-state index in [1.807, 2.05) is 13.0 Å². The first kappa shape index (κ1) is 11.8. The third-order valence-electron chi connectivity index (χ3n) is 2.40. The molecule has 0 radical (unpaired) electrons. The number of nitrogens with one attached hydrogen (secondary N) is 1. The Kier molecular flexibility index (Phi) is 3.18. The highest BCUT2D eigenvalue weighted by atomic mass is 16.1. The maximum atomic E-state index is 10.9. The first-order valence-corrected chi connectivity index (χ1v) is 5.19. The van der Waals surface area contributed by atoms with Crippen LogP contribution in [0.15, 0.2) is 18.2 Å². The zero-order chi connectivity index (χ0) is 11.6. The Labute approximate surface area is 91.7 Å². The molecule has 0 spiro atoms. The van der Waals surface area contributed by atoms with E-state index in [0.717, 1.165) is 11.3 Å². The van der Waals surface area contributed by atoms with E-state index in [4.69, 9.17) is 0 Å². The van der Waals surface area contributed by atoms with Gasteiger partial charge in [-0.1, -0.05) is 32.9 Å². The molecule has 0 aliphatic heterocycles. The summed E-state index contributed by atoms with van der Waals surface area (Å²) < 4.78 is 0. The highest BCUT2D eigenvalue weighted by Crippen LogP contribution is 2.26. The van der Waals surface area contributed by atoms with Crippen LogP contribution in [0.4, 0.5) is 5.69 Å². The zero-order valence-corrected chi connectivity index (χ0v) is 10.1. The lowest BCUT2D eigenvalue weighted by molar-refractivity contribution is -0.114. The van der Waals surface area contributed by atoms with Gasteiger partial charge in [-0.25, -0.2) is 0 Å². The summed E-state index contributed by atoms with van der Waals surface area (Å²) in [7, 11) is 0. The number of amides is 1. The second-order valence-corrected chi connectivity index (χ2v) is 4.96. The van der Waals surface area contributed by atoms with Gasteiger partial charge in [-0.05, 0) is 29.5 Å². The molecule has 2 nitrogen and oxygen atoms in total. The number of hydrogen-bond donors (Lipinski definition) is 1. The normalized spacial score (nSPS) is 11.3. The topological polar surface area (TPSA) is 29.1 Å². The molecule has 0 saturated carbocycles. The third kappa shape index (κ3) is 3.08. The Balaban J connectivity index is 3.03. The van der Waals surface area contributed by atoms with E-state index in [9.17, 15) is 4.79 Å². The molecule has 0 heterocycles. The van der Waals surface area contributed by atoms with Crippen LogP contribution in [-0.2, 0) is 10.2 Å². The van der Waals surface area contributed by atoms with E-state index < -0.39 is 0 Å². The Morgan fingerprint density at radius 1 is 1.27 bits per heavy atom. The highest BCUT2D eigenvalue weighted by Gasteiger charge is 2.14. The first-order chi connectivity index (χ1) is 6.80. The van der Waals surface area contributed by atoms with Gasteiger partial charge < -0.3 is 5.32 Å². The molecule has 0 bridgehead atoms. The third-order valence-corrected chi connectivity index (χ3v) is 2.40. The van der Waals surface area contributed by atoms with Crippen LogP contribution < -0.4 is 5.32 Å². The first-order valence-electron chi connectivity index (χ1n) is 5.19. The molecule has 0 aromatic heterocycles. The molecule has 1 rings (SSSR count). The summed E-state index contributed by atoms with van der Waals surface area (Å²) in [6.45, 7) is 10.1. The summed E-state index contributed by atoms with van der Waals surface area (Å²) in [4.78, 5) is 10.9. The van der Waals surface area contributed by atoms with E-state index in [1.54, 1.807) is 0 Å². The largest absolute Gasteiger partial charge is 0.326 e. The lowest BCUT2D eigenvalue weighted by Gasteiger charge is -2.20. The number of carbonyl (C=O) groups excluding carboxylic acids is 1. The number of rotatable bonds is 1. The Bertz CT molecular complexity index is 375. The van der Waals surface area contributed by atoms with Crippen molar-refractivity contribution < 1.29 is 4.79 Å². The summed E-state index contributed by atoms with van der Waals surface area (Å²) in [5.41, 5.74) is 3.45. The van der Waals surface area contributed by atoms with Gasteiger partial charge in [0.05, 0.1) is 0 Å². The van der Waals surface area contributed by atoms with Crippen molar-refractivity contribution in [3.05, 3.63) is 29.3 Å². The molecular weight excluding hydrogens is 186 g/mol. The monoisotopic (exact) mass is 205 g/mol. The van der Waals surface area contributed by atoms with E-state index in [-0.39, 0.29) is 11.3 Å². The van der Waals surface area contributed by atoms with Crippen molar-refractivity contribution in [3.63, 3.8) is 0 Å². The second-order valence-electron chi connectivity index (χ2n) is 4.96. The Hall–Kier alpha value is -1.31. The average molecular weight is 205 g/mol. The van der Waals surface area contributed by atoms with E-state index >= 15 is 0 Å². The fourth-order valence-corrected chi connectivity index (χ4v) is 1.46. The molecule has 0 aliphatic carbocycles. The van der Waals surface area contributed by atoms with Crippen LogP contribution in [0.25, 0.3) is 0 Å². The quantitative estimate of drug-likeness (QED) is 0.749. The molecule has 2 heteroatoms. The van der Waals surface area contributed by atoms with E-state index in [0.29, 0.717) is 0 Å². The van der Waals surface area contributed by atoms with Crippen molar-refractivity contribution in [3.8, 4) is 0 Å². The lowest BCUT2D eigenvalue weighted by atomic mass is 9.86. The molecule has 1 aromatic rings. The number of benzene rings is 1. The van der Waals surface area contributed by atoms with Crippen molar-refractivity contribution in [2.75, 3.05) is 5.32 Å². The van der Waals surface area contributed by atoms with Gasteiger partial charge >= 0.3 is 0 Å². The van der Waals surface area contributed by atoms with E-state index in [1.165, 1.54) is 12.5 Å². The van der Waals surface area contributed by atoms with Crippen molar-refractivity contribution in [2.24, 2.45) is 0 Å². The van der Waals surface area contributed by atoms with Crippen LogP contribution in [0.2, 0.25) is 0 Å². The van der Waals surface area contributed by atoms with Gasteiger partial charge in [0, 0.05) is 12.6 Å². The zero-order valence-electron chi connectivity index (χ0n) is 10.1. The smallest absolute Gasteiger partial charge is 0.221 e. The summed E-state index contributed by atoms with van der Waals surface area (Å²) >= 11 is 0. The SMILES string of the molecule is CC(=O)Nc1ccc(C(C)(C)C)cc1C. The van der Waals surface area contributed by atoms with Gasteiger partial charge in [0.15, 0.2) is 0 Å². The van der Waals surface area contributed by atoms with Gasteiger partial charge in [0.25, 0.3) is 0 Å². The number of aryl methyl sites for hydroxylation is 1. The summed E-state index contributed by atoms with van der Waals surface area (Å²) in [6.07, 6.45) is 0. The van der Waals surface area contributed by atoms with Crippen molar-refractivity contribution in [1.82, 2.24) is 0 Å². The van der Waals surface area contributed by atoms with Crippen molar-refractivity contribution >= 4 is 11.6 Å². The van der Waals surface area contributed by atoms with Gasteiger partial charge in [-0.2, -0.15) is 0 Å². The standard InChI is InChI=1S/C13H19NO/c1-9-8-11(13(3,4)5)6-7-12(9)14-10(2)15/h6-8H,1-5H3,(H,14,15). The predicted molar refractivity (Wildman–Crippen MR) is 64.2 cm³/mol.